The van der Waals surface area contributed by atoms with Gasteiger partial charge in [-0.1, -0.05) is 24.3 Å². The molecule has 6 heteroatoms. The highest BCUT2D eigenvalue weighted by Crippen LogP contribution is 2.27. The van der Waals surface area contributed by atoms with E-state index in [1.807, 2.05) is 6.07 Å². The van der Waals surface area contributed by atoms with Gasteiger partial charge in [0.05, 0.1) is 23.7 Å². The molecule has 0 aliphatic rings. The standard InChI is InChI=1S/C23H18N2O4/c1-29-21-14-15(6-12-20(21)27)7-13-22-24-19-5-3-2-4-18(19)23(28)25(22)16-8-10-17(26)11-9-16/h2-14,26-27H,1H3. The van der Waals surface area contributed by atoms with Gasteiger partial charge in [0.15, 0.2) is 11.5 Å². The summed E-state index contributed by atoms with van der Waals surface area (Å²) in [6.45, 7) is 0. The van der Waals surface area contributed by atoms with E-state index in [1.165, 1.54) is 23.8 Å². The summed E-state index contributed by atoms with van der Waals surface area (Å²) in [5.41, 5.74) is 1.76. The highest BCUT2D eigenvalue weighted by Gasteiger charge is 2.11. The molecular formula is C23H18N2O4. The molecule has 0 fully saturated rings. The smallest absolute Gasteiger partial charge is 0.266 e. The van der Waals surface area contributed by atoms with Crippen LogP contribution in [0, 0.1) is 0 Å². The lowest BCUT2D eigenvalue weighted by molar-refractivity contribution is 0.373. The van der Waals surface area contributed by atoms with E-state index < -0.39 is 0 Å². The molecule has 0 atom stereocenters. The molecule has 144 valence electrons. The van der Waals surface area contributed by atoms with Gasteiger partial charge < -0.3 is 14.9 Å². The van der Waals surface area contributed by atoms with E-state index in [2.05, 4.69) is 4.98 Å². The van der Waals surface area contributed by atoms with Crippen LogP contribution in [0.15, 0.2) is 71.5 Å². The van der Waals surface area contributed by atoms with E-state index in [0.717, 1.165) is 5.56 Å². The summed E-state index contributed by atoms with van der Waals surface area (Å²) < 4.78 is 6.64. The zero-order valence-corrected chi connectivity index (χ0v) is 15.6. The number of rotatable bonds is 4. The Balaban J connectivity index is 1.89. The van der Waals surface area contributed by atoms with Gasteiger partial charge in [0.2, 0.25) is 0 Å². The summed E-state index contributed by atoms with van der Waals surface area (Å²) in [4.78, 5) is 17.8. The Hall–Kier alpha value is -4.06. The summed E-state index contributed by atoms with van der Waals surface area (Å²) in [6, 6.07) is 18.5. The molecule has 0 radical (unpaired) electrons. The number of phenols is 2. The number of aromatic hydroxyl groups is 2. The average molecular weight is 386 g/mol. The van der Waals surface area contributed by atoms with Gasteiger partial charge >= 0.3 is 0 Å². The van der Waals surface area contributed by atoms with Crippen LogP contribution in [0.4, 0.5) is 0 Å². The maximum Gasteiger partial charge on any atom is 0.266 e. The minimum absolute atomic E-state index is 0.0504. The largest absolute Gasteiger partial charge is 0.508 e. The fourth-order valence-electron chi connectivity index (χ4n) is 3.08. The maximum absolute atomic E-state index is 13.2. The van der Waals surface area contributed by atoms with Gasteiger partial charge in [-0.15, -0.1) is 0 Å². The van der Waals surface area contributed by atoms with Gasteiger partial charge in [0.1, 0.15) is 11.6 Å². The van der Waals surface area contributed by atoms with Gasteiger partial charge in [-0.05, 0) is 60.2 Å². The summed E-state index contributed by atoms with van der Waals surface area (Å²) in [5.74, 6) is 0.958. The molecule has 0 saturated carbocycles. The van der Waals surface area contributed by atoms with Crippen molar-refractivity contribution in [2.75, 3.05) is 7.11 Å². The van der Waals surface area contributed by atoms with Crippen LogP contribution in [-0.2, 0) is 0 Å². The van der Waals surface area contributed by atoms with Gasteiger partial charge in [0, 0.05) is 0 Å². The van der Waals surface area contributed by atoms with Crippen molar-refractivity contribution < 1.29 is 14.9 Å². The van der Waals surface area contributed by atoms with Crippen molar-refractivity contribution in [3.63, 3.8) is 0 Å². The second-order valence-corrected chi connectivity index (χ2v) is 6.41. The molecule has 4 rings (SSSR count). The lowest BCUT2D eigenvalue weighted by atomic mass is 10.1. The molecule has 29 heavy (non-hydrogen) atoms. The lowest BCUT2D eigenvalue weighted by Gasteiger charge is -2.11. The number of fused-ring (bicyclic) bond motifs is 1. The number of ether oxygens (including phenoxy) is 1. The summed E-state index contributed by atoms with van der Waals surface area (Å²) in [7, 11) is 1.48. The van der Waals surface area contributed by atoms with Gasteiger partial charge in [0.25, 0.3) is 5.56 Å². The Morgan fingerprint density at radius 1 is 0.966 bits per heavy atom. The molecule has 3 aromatic carbocycles. The Kier molecular flexibility index (Phi) is 4.75. The average Bonchev–Trinajstić information content (AvgIpc) is 2.74. The molecule has 0 aliphatic carbocycles. The molecule has 0 aliphatic heterocycles. The lowest BCUT2D eigenvalue weighted by Crippen LogP contribution is -2.22. The minimum atomic E-state index is -0.204. The molecule has 4 aromatic rings. The second-order valence-electron chi connectivity index (χ2n) is 6.41. The zero-order valence-electron chi connectivity index (χ0n) is 15.6. The molecular weight excluding hydrogens is 368 g/mol. The quantitative estimate of drug-likeness (QED) is 0.554. The van der Waals surface area contributed by atoms with Crippen molar-refractivity contribution in [1.82, 2.24) is 9.55 Å². The predicted molar refractivity (Wildman–Crippen MR) is 113 cm³/mol. The van der Waals surface area contributed by atoms with Crippen LogP contribution >= 0.6 is 0 Å². The van der Waals surface area contributed by atoms with Gasteiger partial charge in [-0.3, -0.25) is 9.36 Å². The Morgan fingerprint density at radius 2 is 1.72 bits per heavy atom. The van der Waals surface area contributed by atoms with Crippen LogP contribution < -0.4 is 10.3 Å². The number of nitrogens with zero attached hydrogens (tertiary/aromatic N) is 2. The maximum atomic E-state index is 13.2. The first-order chi connectivity index (χ1) is 14.1. The third kappa shape index (κ3) is 3.55. The van der Waals surface area contributed by atoms with Crippen LogP contribution in [-0.4, -0.2) is 26.9 Å². The van der Waals surface area contributed by atoms with Crippen LogP contribution in [0.5, 0.6) is 17.2 Å². The molecule has 1 aromatic heterocycles. The summed E-state index contributed by atoms with van der Waals surface area (Å²) >= 11 is 0. The van der Waals surface area contributed by atoms with E-state index in [0.29, 0.717) is 28.2 Å². The molecule has 0 unspecified atom stereocenters. The van der Waals surface area contributed by atoms with Crippen molar-refractivity contribution in [3.05, 3.63) is 88.5 Å². The summed E-state index contributed by atoms with van der Waals surface area (Å²) in [5, 5.41) is 19.9. The van der Waals surface area contributed by atoms with Crippen LogP contribution in [0.3, 0.4) is 0 Å². The number of benzene rings is 3. The molecule has 0 spiro atoms. The van der Waals surface area contributed by atoms with Crippen LogP contribution in [0.1, 0.15) is 11.4 Å². The topological polar surface area (TPSA) is 84.6 Å². The number of aromatic nitrogens is 2. The van der Waals surface area contributed by atoms with Crippen molar-refractivity contribution in [2.45, 2.75) is 0 Å². The highest BCUT2D eigenvalue weighted by atomic mass is 16.5. The normalized spacial score (nSPS) is 11.2. The second kappa shape index (κ2) is 7.52. The molecule has 6 nitrogen and oxygen atoms in total. The molecule has 0 amide bonds. The van der Waals surface area contributed by atoms with E-state index in [4.69, 9.17) is 4.74 Å². The fraction of sp³-hybridized carbons (Fsp3) is 0.0435. The van der Waals surface area contributed by atoms with E-state index in [1.54, 1.807) is 60.7 Å². The zero-order chi connectivity index (χ0) is 20.4. The number of phenolic OH excluding ortho intramolecular Hbond substituents is 2. The first-order valence-corrected chi connectivity index (χ1v) is 8.93. The Morgan fingerprint density at radius 3 is 2.48 bits per heavy atom. The third-order valence-electron chi connectivity index (χ3n) is 4.54. The predicted octanol–water partition coefficient (Wildman–Crippen LogP) is 3.98. The summed E-state index contributed by atoms with van der Waals surface area (Å²) in [6.07, 6.45) is 3.52. The molecule has 1 heterocycles. The van der Waals surface area contributed by atoms with E-state index >= 15 is 0 Å². The number of methoxy groups -OCH3 is 1. The highest BCUT2D eigenvalue weighted by molar-refractivity contribution is 5.80. The number of hydrogen-bond donors (Lipinski definition) is 2. The Labute approximate surface area is 166 Å². The first-order valence-electron chi connectivity index (χ1n) is 8.93. The Bertz CT molecular complexity index is 1270. The third-order valence-corrected chi connectivity index (χ3v) is 4.54. The van der Waals surface area contributed by atoms with Gasteiger partial charge in [-0.25, -0.2) is 4.98 Å². The molecule has 2 N–H and O–H groups in total. The number of para-hydroxylation sites is 1. The molecule has 0 saturated heterocycles. The van der Waals surface area contributed by atoms with E-state index in [-0.39, 0.29) is 17.1 Å². The van der Waals surface area contributed by atoms with Crippen molar-refractivity contribution >= 4 is 23.1 Å². The monoisotopic (exact) mass is 386 g/mol. The SMILES string of the molecule is COc1cc(C=Cc2nc3ccccc3c(=O)n2-c2ccc(O)cc2)ccc1O. The van der Waals surface area contributed by atoms with Crippen LogP contribution in [0.25, 0.3) is 28.7 Å². The number of hydrogen-bond acceptors (Lipinski definition) is 5. The van der Waals surface area contributed by atoms with E-state index in [9.17, 15) is 15.0 Å². The van der Waals surface area contributed by atoms with Gasteiger partial charge in [-0.2, -0.15) is 0 Å². The van der Waals surface area contributed by atoms with Crippen LogP contribution in [0.2, 0.25) is 0 Å². The van der Waals surface area contributed by atoms with Crippen molar-refractivity contribution in [2.24, 2.45) is 0 Å². The van der Waals surface area contributed by atoms with Crippen molar-refractivity contribution in [3.8, 4) is 22.9 Å². The molecule has 0 bridgehead atoms. The van der Waals surface area contributed by atoms with Crippen molar-refractivity contribution in [1.29, 1.82) is 0 Å². The first kappa shape index (κ1) is 18.3. The fourth-order valence-corrected chi connectivity index (χ4v) is 3.08. The minimum Gasteiger partial charge on any atom is -0.508 e.